The van der Waals surface area contributed by atoms with Gasteiger partial charge in [0.05, 0.1) is 7.11 Å². The Morgan fingerprint density at radius 3 is 2.83 bits per heavy atom. The zero-order valence-corrected chi connectivity index (χ0v) is 11.6. The Hall–Kier alpha value is -1.69. The highest BCUT2D eigenvalue weighted by molar-refractivity contribution is 7.09. The highest BCUT2D eigenvalue weighted by Crippen LogP contribution is 2.23. The number of hydrogen-bond acceptors (Lipinski definition) is 6. The third-order valence-corrected chi connectivity index (χ3v) is 3.49. The molecule has 0 atom stereocenters. The quantitative estimate of drug-likeness (QED) is 0.828. The van der Waals surface area contributed by atoms with E-state index in [1.165, 1.54) is 17.1 Å². The van der Waals surface area contributed by atoms with Gasteiger partial charge in [-0.1, -0.05) is 28.6 Å². The van der Waals surface area contributed by atoms with Crippen molar-refractivity contribution in [3.63, 3.8) is 0 Å². The van der Waals surface area contributed by atoms with Crippen molar-refractivity contribution in [3.8, 4) is 5.75 Å². The van der Waals surface area contributed by atoms with Gasteiger partial charge >= 0.3 is 0 Å². The lowest BCUT2D eigenvalue weighted by atomic mass is 10.1. The molecule has 0 fully saturated rings. The predicted molar refractivity (Wildman–Crippen MR) is 72.2 cm³/mol. The Labute approximate surface area is 111 Å². The van der Waals surface area contributed by atoms with Gasteiger partial charge in [0.1, 0.15) is 5.75 Å². The zero-order valence-electron chi connectivity index (χ0n) is 10.8. The Morgan fingerprint density at radius 2 is 2.22 bits per heavy atom. The van der Waals surface area contributed by atoms with Crippen LogP contribution in [0.5, 0.6) is 5.75 Å². The maximum Gasteiger partial charge on any atom is 0.227 e. The van der Waals surface area contributed by atoms with E-state index >= 15 is 0 Å². The lowest BCUT2D eigenvalue weighted by Crippen LogP contribution is -2.17. The number of rotatable bonds is 5. The molecule has 0 aliphatic rings. The van der Waals surface area contributed by atoms with Crippen molar-refractivity contribution >= 4 is 16.7 Å². The average Bonchev–Trinajstić information content (AvgIpc) is 2.92. The fraction of sp³-hybridized carbons (Fsp3) is 0.417. The summed E-state index contributed by atoms with van der Waals surface area (Å²) in [6.45, 7) is 2.87. The summed E-state index contributed by atoms with van der Waals surface area (Å²) >= 11 is 1.29. The van der Waals surface area contributed by atoms with Crippen LogP contribution in [0.25, 0.3) is 0 Å². The summed E-state index contributed by atoms with van der Waals surface area (Å²) in [4.78, 5) is 2.02. The molecule has 1 heterocycles. The summed E-state index contributed by atoms with van der Waals surface area (Å²) in [5.41, 5.74) is 2.45. The van der Waals surface area contributed by atoms with Crippen LogP contribution in [0.1, 0.15) is 18.1 Å². The molecule has 0 bridgehead atoms. The van der Waals surface area contributed by atoms with E-state index in [9.17, 15) is 0 Å². The molecule has 2 aromatic rings. The van der Waals surface area contributed by atoms with Crippen LogP contribution in [0.4, 0.5) is 5.13 Å². The molecule has 0 aliphatic carbocycles. The van der Waals surface area contributed by atoms with Crippen molar-refractivity contribution in [2.75, 3.05) is 19.1 Å². The van der Waals surface area contributed by atoms with Crippen molar-refractivity contribution in [2.24, 2.45) is 0 Å². The molecule has 0 saturated carbocycles. The third kappa shape index (κ3) is 2.76. The molecule has 18 heavy (non-hydrogen) atoms. The molecule has 6 heteroatoms. The largest absolute Gasteiger partial charge is 0.496 e. The molecule has 1 aromatic carbocycles. The maximum absolute atomic E-state index is 5.39. The Balaban J connectivity index is 2.21. The van der Waals surface area contributed by atoms with Crippen LogP contribution in [-0.4, -0.2) is 29.0 Å². The van der Waals surface area contributed by atoms with Crippen molar-refractivity contribution in [1.29, 1.82) is 0 Å². The summed E-state index contributed by atoms with van der Waals surface area (Å²) in [7, 11) is 3.66. The van der Waals surface area contributed by atoms with Crippen molar-refractivity contribution < 1.29 is 4.74 Å². The molecule has 0 radical (unpaired) electrons. The number of nitrogens with zero attached hydrogens (tertiary/aromatic N) is 4. The van der Waals surface area contributed by atoms with E-state index in [1.807, 2.05) is 18.0 Å². The van der Waals surface area contributed by atoms with Gasteiger partial charge in [-0.25, -0.2) is 0 Å². The first-order chi connectivity index (χ1) is 8.74. The smallest absolute Gasteiger partial charge is 0.227 e. The van der Waals surface area contributed by atoms with Crippen LogP contribution >= 0.6 is 11.5 Å². The molecule has 0 unspecified atom stereocenters. The van der Waals surface area contributed by atoms with Gasteiger partial charge < -0.3 is 9.64 Å². The predicted octanol–water partition coefficient (Wildman–Crippen LogP) is 2.14. The second-order valence-corrected chi connectivity index (χ2v) is 4.71. The van der Waals surface area contributed by atoms with Gasteiger partial charge in [-0.15, -0.1) is 0 Å². The van der Waals surface area contributed by atoms with Gasteiger partial charge in [0.25, 0.3) is 0 Å². The van der Waals surface area contributed by atoms with Gasteiger partial charge in [0, 0.05) is 30.7 Å². The Bertz CT molecular complexity index is 501. The third-order valence-electron chi connectivity index (χ3n) is 2.78. The fourth-order valence-electron chi connectivity index (χ4n) is 1.77. The second kappa shape index (κ2) is 5.77. The van der Waals surface area contributed by atoms with Gasteiger partial charge in [0.15, 0.2) is 0 Å². The normalized spacial score (nSPS) is 10.4. The SMILES string of the molecule is CCc1ccc(OC)c(CN(C)c2nnns2)c1. The van der Waals surface area contributed by atoms with E-state index in [-0.39, 0.29) is 0 Å². The first-order valence-electron chi connectivity index (χ1n) is 5.76. The minimum Gasteiger partial charge on any atom is -0.496 e. The van der Waals surface area contributed by atoms with Crippen LogP contribution in [0.15, 0.2) is 18.2 Å². The molecule has 0 spiro atoms. The lowest BCUT2D eigenvalue weighted by molar-refractivity contribution is 0.409. The zero-order chi connectivity index (χ0) is 13.0. The van der Waals surface area contributed by atoms with Crippen LogP contribution in [0, 0.1) is 0 Å². The van der Waals surface area contributed by atoms with Gasteiger partial charge in [-0.3, -0.25) is 0 Å². The fourth-order valence-corrected chi connectivity index (χ4v) is 2.20. The highest BCUT2D eigenvalue weighted by atomic mass is 32.1. The molecule has 0 aliphatic heterocycles. The van der Waals surface area contributed by atoms with E-state index in [0.29, 0.717) is 0 Å². The maximum atomic E-state index is 5.39. The standard InChI is InChI=1S/C12H16N4OS/c1-4-9-5-6-11(17-3)10(7-9)8-16(2)12-13-14-15-18-12/h5-7H,4,8H2,1-3H3. The van der Waals surface area contributed by atoms with E-state index in [4.69, 9.17) is 4.74 Å². The number of benzene rings is 1. The summed E-state index contributed by atoms with van der Waals surface area (Å²) in [6, 6.07) is 6.28. The number of aromatic nitrogens is 3. The first-order valence-corrected chi connectivity index (χ1v) is 6.54. The monoisotopic (exact) mass is 264 g/mol. The molecule has 0 saturated heterocycles. The van der Waals surface area contributed by atoms with Crippen LogP contribution in [0.3, 0.4) is 0 Å². The highest BCUT2D eigenvalue weighted by Gasteiger charge is 2.10. The summed E-state index contributed by atoms with van der Waals surface area (Å²) in [6.07, 6.45) is 1.01. The number of anilines is 1. The van der Waals surface area contributed by atoms with Gasteiger partial charge in [0.2, 0.25) is 5.13 Å². The topological polar surface area (TPSA) is 51.1 Å². The van der Waals surface area contributed by atoms with Crippen molar-refractivity contribution in [1.82, 2.24) is 14.8 Å². The molecule has 0 amide bonds. The summed E-state index contributed by atoms with van der Waals surface area (Å²) < 4.78 is 9.16. The Morgan fingerprint density at radius 1 is 1.39 bits per heavy atom. The van der Waals surface area contributed by atoms with E-state index in [1.54, 1.807) is 7.11 Å². The average molecular weight is 264 g/mol. The molecule has 0 N–H and O–H groups in total. The molecular formula is C12H16N4OS. The van der Waals surface area contributed by atoms with Crippen molar-refractivity contribution in [3.05, 3.63) is 29.3 Å². The molecule has 1 aromatic heterocycles. The molecular weight excluding hydrogens is 248 g/mol. The van der Waals surface area contributed by atoms with E-state index < -0.39 is 0 Å². The van der Waals surface area contributed by atoms with Crippen LogP contribution in [-0.2, 0) is 13.0 Å². The minimum atomic E-state index is 0.730. The first kappa shape index (κ1) is 12.8. The Kier molecular flexibility index (Phi) is 4.09. The van der Waals surface area contributed by atoms with Crippen LogP contribution < -0.4 is 9.64 Å². The van der Waals surface area contributed by atoms with Gasteiger partial charge in [-0.05, 0) is 23.3 Å². The van der Waals surface area contributed by atoms with E-state index in [2.05, 4.69) is 33.9 Å². The van der Waals surface area contributed by atoms with Gasteiger partial charge in [-0.2, -0.15) is 0 Å². The number of ether oxygens (including phenoxy) is 1. The second-order valence-electron chi connectivity index (χ2n) is 4.00. The minimum absolute atomic E-state index is 0.730. The van der Waals surface area contributed by atoms with E-state index in [0.717, 1.165) is 29.4 Å². The summed E-state index contributed by atoms with van der Waals surface area (Å²) in [5.74, 6) is 0.900. The lowest BCUT2D eigenvalue weighted by Gasteiger charge is -2.17. The van der Waals surface area contributed by atoms with Crippen molar-refractivity contribution in [2.45, 2.75) is 19.9 Å². The molecule has 96 valence electrons. The molecule has 5 nitrogen and oxygen atoms in total. The number of aryl methyl sites for hydroxylation is 1. The summed E-state index contributed by atoms with van der Waals surface area (Å²) in [5, 5.41) is 8.36. The number of hydrogen-bond donors (Lipinski definition) is 0. The number of methoxy groups -OCH3 is 1. The van der Waals surface area contributed by atoms with Crippen LogP contribution in [0.2, 0.25) is 0 Å². The molecule has 2 rings (SSSR count).